The van der Waals surface area contributed by atoms with Gasteiger partial charge in [-0.15, -0.1) is 0 Å². The first-order valence-corrected chi connectivity index (χ1v) is 6.16. The maximum Gasteiger partial charge on any atom is 0.0107 e. The normalized spacial score (nSPS) is 21.2. The monoisotopic (exact) mass is 198 g/mol. The predicted molar refractivity (Wildman–Crippen MR) is 62.3 cm³/mol. The van der Waals surface area contributed by atoms with Gasteiger partial charge in [0, 0.05) is 12.1 Å². The molecule has 0 aromatic rings. The summed E-state index contributed by atoms with van der Waals surface area (Å²) in [6.45, 7) is 8.96. The molecule has 14 heavy (non-hydrogen) atoms. The van der Waals surface area contributed by atoms with E-state index in [1.165, 1.54) is 32.2 Å². The molecule has 2 unspecified atom stereocenters. The molecule has 0 amide bonds. The number of nitrogens with two attached hydrogens (primary N) is 1. The van der Waals surface area contributed by atoms with Crippen molar-refractivity contribution in [3.63, 3.8) is 0 Å². The molecule has 0 radical (unpaired) electrons. The van der Waals surface area contributed by atoms with Crippen LogP contribution in [0, 0.1) is 5.92 Å². The van der Waals surface area contributed by atoms with Gasteiger partial charge in [-0.2, -0.15) is 0 Å². The van der Waals surface area contributed by atoms with Crippen LogP contribution in [0.2, 0.25) is 0 Å². The van der Waals surface area contributed by atoms with E-state index in [9.17, 15) is 0 Å². The minimum Gasteiger partial charge on any atom is -0.330 e. The van der Waals surface area contributed by atoms with Crippen molar-refractivity contribution in [3.05, 3.63) is 0 Å². The average Bonchev–Trinajstić information content (AvgIpc) is 3.01. The van der Waals surface area contributed by atoms with Crippen LogP contribution in [0.15, 0.2) is 0 Å². The number of unbranched alkanes of at least 4 members (excludes halogenated alkanes) is 1. The Morgan fingerprint density at radius 2 is 2.00 bits per heavy atom. The molecule has 2 N–H and O–H groups in total. The van der Waals surface area contributed by atoms with Crippen LogP contribution in [-0.2, 0) is 0 Å². The van der Waals surface area contributed by atoms with E-state index in [0.29, 0.717) is 12.0 Å². The Bertz CT molecular complexity index is 154. The van der Waals surface area contributed by atoms with Crippen LogP contribution in [0.4, 0.5) is 0 Å². The second-order valence-electron chi connectivity index (χ2n) is 4.78. The molecule has 0 aromatic heterocycles. The van der Waals surface area contributed by atoms with E-state index in [-0.39, 0.29) is 0 Å². The molecule has 0 bridgehead atoms. The first kappa shape index (κ1) is 12.0. The summed E-state index contributed by atoms with van der Waals surface area (Å²) in [7, 11) is 0. The van der Waals surface area contributed by atoms with E-state index in [1.54, 1.807) is 0 Å². The molecule has 0 heterocycles. The fourth-order valence-corrected chi connectivity index (χ4v) is 1.99. The number of nitrogens with zero attached hydrogens (tertiary/aromatic N) is 1. The summed E-state index contributed by atoms with van der Waals surface area (Å²) in [6.07, 6.45) is 5.45. The third kappa shape index (κ3) is 3.25. The largest absolute Gasteiger partial charge is 0.330 e. The van der Waals surface area contributed by atoms with Crippen LogP contribution in [0.25, 0.3) is 0 Å². The number of hydrogen-bond donors (Lipinski definition) is 1. The Balaban J connectivity index is 2.39. The van der Waals surface area contributed by atoms with Crippen LogP contribution in [0.5, 0.6) is 0 Å². The lowest BCUT2D eigenvalue weighted by Gasteiger charge is -2.32. The molecule has 0 spiro atoms. The molecule has 1 rings (SSSR count). The maximum absolute atomic E-state index is 5.73. The van der Waals surface area contributed by atoms with Gasteiger partial charge in [0.05, 0.1) is 0 Å². The third-order valence-corrected chi connectivity index (χ3v) is 3.50. The van der Waals surface area contributed by atoms with E-state index in [2.05, 4.69) is 25.7 Å². The van der Waals surface area contributed by atoms with Crippen molar-refractivity contribution in [1.82, 2.24) is 4.90 Å². The van der Waals surface area contributed by atoms with E-state index < -0.39 is 0 Å². The standard InChI is InChI=1S/C12H26N2/c1-4-5-8-14(12-6-7-12)11(3)10(2)9-13/h10-12H,4-9,13H2,1-3H3. The van der Waals surface area contributed by atoms with Crippen LogP contribution in [-0.4, -0.2) is 30.1 Å². The Hall–Kier alpha value is -0.0800. The van der Waals surface area contributed by atoms with Crippen molar-refractivity contribution in [3.8, 4) is 0 Å². The SMILES string of the molecule is CCCCN(C1CC1)C(C)C(C)CN. The summed E-state index contributed by atoms with van der Waals surface area (Å²) in [5.74, 6) is 0.632. The summed E-state index contributed by atoms with van der Waals surface area (Å²) in [6, 6.07) is 1.55. The highest BCUT2D eigenvalue weighted by atomic mass is 15.2. The first-order chi connectivity index (χ1) is 6.70. The Kier molecular flexibility index (Phi) is 4.90. The maximum atomic E-state index is 5.73. The molecular formula is C12H26N2. The predicted octanol–water partition coefficient (Wildman–Crippen LogP) is 2.23. The van der Waals surface area contributed by atoms with Gasteiger partial charge in [0.25, 0.3) is 0 Å². The topological polar surface area (TPSA) is 29.3 Å². The van der Waals surface area contributed by atoms with Gasteiger partial charge in [-0.1, -0.05) is 20.3 Å². The molecular weight excluding hydrogens is 172 g/mol. The Morgan fingerprint density at radius 1 is 1.36 bits per heavy atom. The van der Waals surface area contributed by atoms with Gasteiger partial charge < -0.3 is 5.73 Å². The zero-order valence-corrected chi connectivity index (χ0v) is 10.00. The van der Waals surface area contributed by atoms with Gasteiger partial charge in [-0.3, -0.25) is 4.90 Å². The molecule has 1 aliphatic rings. The summed E-state index contributed by atoms with van der Waals surface area (Å²) in [5.41, 5.74) is 5.73. The molecule has 2 atom stereocenters. The Labute approximate surface area is 88.8 Å². The second-order valence-corrected chi connectivity index (χ2v) is 4.78. The molecule has 2 nitrogen and oxygen atoms in total. The molecule has 0 aromatic carbocycles. The van der Waals surface area contributed by atoms with Crippen molar-refractivity contribution in [2.75, 3.05) is 13.1 Å². The van der Waals surface area contributed by atoms with Gasteiger partial charge >= 0.3 is 0 Å². The second kappa shape index (κ2) is 5.72. The van der Waals surface area contributed by atoms with Crippen LogP contribution in [0.3, 0.4) is 0 Å². The summed E-state index contributed by atoms with van der Waals surface area (Å²) < 4.78 is 0. The van der Waals surface area contributed by atoms with E-state index in [1.807, 2.05) is 0 Å². The summed E-state index contributed by atoms with van der Waals surface area (Å²) >= 11 is 0. The lowest BCUT2D eigenvalue weighted by Crippen LogP contribution is -2.42. The van der Waals surface area contributed by atoms with Crippen molar-refractivity contribution in [2.45, 2.75) is 58.5 Å². The molecule has 84 valence electrons. The highest BCUT2D eigenvalue weighted by molar-refractivity contribution is 4.88. The number of hydrogen-bond acceptors (Lipinski definition) is 2. The highest BCUT2D eigenvalue weighted by Gasteiger charge is 2.33. The van der Waals surface area contributed by atoms with Crippen molar-refractivity contribution < 1.29 is 0 Å². The van der Waals surface area contributed by atoms with Gasteiger partial charge in [0.1, 0.15) is 0 Å². The smallest absolute Gasteiger partial charge is 0.0107 e. The van der Waals surface area contributed by atoms with Gasteiger partial charge in [-0.25, -0.2) is 0 Å². The average molecular weight is 198 g/mol. The molecule has 1 fully saturated rings. The van der Waals surface area contributed by atoms with Gasteiger partial charge in [0.15, 0.2) is 0 Å². The Morgan fingerprint density at radius 3 is 2.43 bits per heavy atom. The summed E-state index contributed by atoms with van der Waals surface area (Å²) in [4.78, 5) is 2.68. The quantitative estimate of drug-likeness (QED) is 0.680. The first-order valence-electron chi connectivity index (χ1n) is 6.16. The van der Waals surface area contributed by atoms with Gasteiger partial charge in [-0.05, 0) is 45.2 Å². The van der Waals surface area contributed by atoms with E-state index >= 15 is 0 Å². The lowest BCUT2D eigenvalue weighted by molar-refractivity contribution is 0.152. The van der Waals surface area contributed by atoms with Crippen molar-refractivity contribution in [2.24, 2.45) is 11.7 Å². The lowest BCUT2D eigenvalue weighted by atomic mass is 10.0. The third-order valence-electron chi connectivity index (χ3n) is 3.50. The van der Waals surface area contributed by atoms with Crippen LogP contribution in [0.1, 0.15) is 46.5 Å². The molecule has 0 saturated heterocycles. The minimum absolute atomic E-state index is 0.632. The highest BCUT2D eigenvalue weighted by Crippen LogP contribution is 2.30. The molecule has 2 heteroatoms. The van der Waals surface area contributed by atoms with Crippen molar-refractivity contribution >= 4 is 0 Å². The zero-order chi connectivity index (χ0) is 10.6. The van der Waals surface area contributed by atoms with Crippen LogP contribution < -0.4 is 5.73 Å². The fourth-order valence-electron chi connectivity index (χ4n) is 1.99. The van der Waals surface area contributed by atoms with E-state index in [4.69, 9.17) is 5.73 Å². The minimum atomic E-state index is 0.632. The molecule has 0 aliphatic heterocycles. The molecule has 1 saturated carbocycles. The fraction of sp³-hybridized carbons (Fsp3) is 1.00. The van der Waals surface area contributed by atoms with E-state index in [0.717, 1.165) is 12.6 Å². The molecule has 1 aliphatic carbocycles. The zero-order valence-electron chi connectivity index (χ0n) is 10.00. The van der Waals surface area contributed by atoms with Crippen LogP contribution >= 0.6 is 0 Å². The number of rotatable bonds is 7. The van der Waals surface area contributed by atoms with Gasteiger partial charge in [0.2, 0.25) is 0 Å². The summed E-state index contributed by atoms with van der Waals surface area (Å²) in [5, 5.41) is 0. The van der Waals surface area contributed by atoms with Crippen molar-refractivity contribution in [1.29, 1.82) is 0 Å².